The van der Waals surface area contributed by atoms with Crippen LogP contribution in [0.25, 0.3) is 21.1 Å². The molecule has 2 N–H and O–H groups in total. The minimum absolute atomic E-state index is 0.180. The third-order valence-corrected chi connectivity index (χ3v) is 5.95. The number of rotatable bonds is 4. The van der Waals surface area contributed by atoms with Gasteiger partial charge in [0.2, 0.25) is 0 Å². The van der Waals surface area contributed by atoms with E-state index in [-0.39, 0.29) is 11.7 Å². The topological polar surface area (TPSA) is 75.6 Å². The minimum atomic E-state index is -0.266. The summed E-state index contributed by atoms with van der Waals surface area (Å²) in [7, 11) is 0. The monoisotopic (exact) mass is 405 g/mol. The third kappa shape index (κ3) is 3.17. The van der Waals surface area contributed by atoms with E-state index in [1.54, 1.807) is 18.3 Å². The van der Waals surface area contributed by atoms with Crippen molar-refractivity contribution in [2.45, 2.75) is 13.5 Å². The van der Waals surface area contributed by atoms with Crippen molar-refractivity contribution in [3.05, 3.63) is 76.7 Å². The minimum Gasteiger partial charge on any atom is -0.319 e. The number of hydrogen-bond donors (Lipinski definition) is 2. The molecule has 0 aliphatic carbocycles. The van der Waals surface area contributed by atoms with E-state index >= 15 is 0 Å². The van der Waals surface area contributed by atoms with Gasteiger partial charge in [0.05, 0.1) is 34.5 Å². The van der Waals surface area contributed by atoms with E-state index in [0.29, 0.717) is 17.1 Å². The highest BCUT2D eigenvalue weighted by atomic mass is 32.1. The van der Waals surface area contributed by atoms with Gasteiger partial charge in [0.25, 0.3) is 5.91 Å². The fourth-order valence-corrected chi connectivity index (χ4v) is 4.41. The van der Waals surface area contributed by atoms with Gasteiger partial charge in [-0.3, -0.25) is 14.6 Å². The number of H-pyrrole nitrogens is 1. The van der Waals surface area contributed by atoms with Crippen LogP contribution in [0, 0.1) is 12.7 Å². The second-order valence-corrected chi connectivity index (χ2v) is 7.82. The Morgan fingerprint density at radius 2 is 2.07 bits per heavy atom. The molecular weight excluding hydrogens is 389 g/mol. The Morgan fingerprint density at radius 1 is 1.24 bits per heavy atom. The molecule has 2 aromatic carbocycles. The van der Waals surface area contributed by atoms with E-state index in [9.17, 15) is 9.18 Å². The summed E-state index contributed by atoms with van der Waals surface area (Å²) < 4.78 is 15.0. The maximum absolute atomic E-state index is 13.2. The molecule has 0 fully saturated rings. The fraction of sp³-hybridized carbons (Fsp3) is 0.0952. The summed E-state index contributed by atoms with van der Waals surface area (Å²) >= 11 is 1.39. The molecule has 0 aliphatic heterocycles. The zero-order valence-corrected chi connectivity index (χ0v) is 16.3. The van der Waals surface area contributed by atoms with Crippen LogP contribution in [-0.2, 0) is 6.54 Å². The Morgan fingerprint density at radius 3 is 2.90 bits per heavy atom. The molecule has 5 aromatic rings. The van der Waals surface area contributed by atoms with Gasteiger partial charge in [0, 0.05) is 10.8 Å². The molecule has 0 aliphatic rings. The number of nitrogens with one attached hydrogen (secondary N) is 2. The largest absolute Gasteiger partial charge is 0.319 e. The number of nitrogens with zero attached hydrogens (tertiary/aromatic N) is 3. The summed E-state index contributed by atoms with van der Waals surface area (Å²) in [4.78, 5) is 14.4. The van der Waals surface area contributed by atoms with Crippen molar-refractivity contribution in [1.82, 2.24) is 20.0 Å². The van der Waals surface area contributed by atoms with Crippen molar-refractivity contribution in [2.24, 2.45) is 0 Å². The standard InChI is InChI=1S/C21H16FN5OS/c1-12-16-9-18(20(28)24-17-4-2-3-14-10-23-25-19(14)17)29-21(16)27(26-12)11-13-5-7-15(22)8-6-13/h2-10H,11H2,1H3,(H,23,25)(H,24,28). The molecule has 5 rings (SSSR count). The third-order valence-electron chi connectivity index (χ3n) is 4.80. The van der Waals surface area contributed by atoms with Gasteiger partial charge in [-0.1, -0.05) is 24.3 Å². The van der Waals surface area contributed by atoms with Crippen LogP contribution in [0.3, 0.4) is 0 Å². The summed E-state index contributed by atoms with van der Waals surface area (Å²) in [6.07, 6.45) is 1.72. The van der Waals surface area contributed by atoms with Crippen LogP contribution in [0.15, 0.2) is 54.7 Å². The van der Waals surface area contributed by atoms with Crippen LogP contribution in [0.2, 0.25) is 0 Å². The molecule has 8 heteroatoms. The van der Waals surface area contributed by atoms with Crippen molar-refractivity contribution in [3.8, 4) is 0 Å². The lowest BCUT2D eigenvalue weighted by Crippen LogP contribution is -2.10. The first-order valence-corrected chi connectivity index (χ1v) is 9.85. The van der Waals surface area contributed by atoms with Crippen molar-refractivity contribution < 1.29 is 9.18 Å². The van der Waals surface area contributed by atoms with Crippen molar-refractivity contribution >= 4 is 44.1 Å². The molecule has 0 radical (unpaired) electrons. The summed E-state index contributed by atoms with van der Waals surface area (Å²) in [5.74, 6) is -0.445. The van der Waals surface area contributed by atoms with E-state index < -0.39 is 0 Å². The number of aromatic nitrogens is 4. The average Bonchev–Trinajstić information content (AvgIpc) is 3.42. The average molecular weight is 405 g/mol. The summed E-state index contributed by atoms with van der Waals surface area (Å²) in [5.41, 5.74) is 3.28. The fourth-order valence-electron chi connectivity index (χ4n) is 3.35. The number of amides is 1. The molecule has 0 bridgehead atoms. The molecule has 3 aromatic heterocycles. The van der Waals surface area contributed by atoms with Crippen LogP contribution >= 0.6 is 11.3 Å². The lowest BCUT2D eigenvalue weighted by atomic mass is 10.2. The van der Waals surface area contributed by atoms with Crippen molar-refractivity contribution in [2.75, 3.05) is 5.32 Å². The Bertz CT molecular complexity index is 1350. The van der Waals surface area contributed by atoms with Gasteiger partial charge in [0.1, 0.15) is 10.6 Å². The number of hydrogen-bond acceptors (Lipinski definition) is 4. The van der Waals surface area contributed by atoms with Gasteiger partial charge in [-0.05, 0) is 36.8 Å². The van der Waals surface area contributed by atoms with E-state index in [4.69, 9.17) is 0 Å². The molecule has 3 heterocycles. The molecule has 0 saturated heterocycles. The van der Waals surface area contributed by atoms with E-state index in [1.807, 2.05) is 35.9 Å². The molecule has 144 valence electrons. The number of carbonyl (C=O) groups excluding carboxylic acids is 1. The van der Waals surface area contributed by atoms with Crippen LogP contribution < -0.4 is 5.32 Å². The van der Waals surface area contributed by atoms with Crippen LogP contribution in [0.4, 0.5) is 10.1 Å². The number of para-hydroxylation sites is 1. The van der Waals surface area contributed by atoms with Gasteiger partial charge in [-0.15, -0.1) is 11.3 Å². The van der Waals surface area contributed by atoms with E-state index in [0.717, 1.165) is 32.4 Å². The Balaban J connectivity index is 1.45. The number of fused-ring (bicyclic) bond motifs is 2. The quantitative estimate of drug-likeness (QED) is 0.454. The smallest absolute Gasteiger partial charge is 0.265 e. The molecular formula is C21H16FN5OS. The predicted octanol–water partition coefficient (Wildman–Crippen LogP) is 4.72. The predicted molar refractivity (Wildman–Crippen MR) is 112 cm³/mol. The van der Waals surface area contributed by atoms with E-state index in [1.165, 1.54) is 23.5 Å². The maximum Gasteiger partial charge on any atom is 0.265 e. The lowest BCUT2D eigenvalue weighted by molar-refractivity contribution is 0.103. The molecule has 0 spiro atoms. The SMILES string of the molecule is Cc1nn(Cc2ccc(F)cc2)c2sc(C(=O)Nc3cccc4cn[nH]c34)cc12. The first kappa shape index (κ1) is 17.6. The summed E-state index contributed by atoms with van der Waals surface area (Å²) in [5, 5.41) is 16.4. The first-order chi connectivity index (χ1) is 14.1. The number of halogens is 1. The maximum atomic E-state index is 13.2. The van der Waals surface area contributed by atoms with Gasteiger partial charge in [0.15, 0.2) is 0 Å². The number of thiophene rings is 1. The molecule has 1 amide bonds. The number of aryl methyl sites for hydroxylation is 1. The number of carbonyl (C=O) groups is 1. The normalized spacial score (nSPS) is 11.4. The zero-order valence-electron chi connectivity index (χ0n) is 15.4. The zero-order chi connectivity index (χ0) is 20.0. The van der Waals surface area contributed by atoms with Crippen LogP contribution in [0.1, 0.15) is 20.9 Å². The molecule has 0 saturated carbocycles. The Hall–Kier alpha value is -3.52. The molecule has 29 heavy (non-hydrogen) atoms. The summed E-state index contributed by atoms with van der Waals surface area (Å²) in [6.45, 7) is 2.43. The van der Waals surface area contributed by atoms with Crippen molar-refractivity contribution in [3.63, 3.8) is 0 Å². The molecule has 0 unspecified atom stereocenters. The highest BCUT2D eigenvalue weighted by Crippen LogP contribution is 2.30. The van der Waals surface area contributed by atoms with E-state index in [2.05, 4.69) is 20.6 Å². The molecule has 0 atom stereocenters. The number of anilines is 1. The van der Waals surface area contributed by atoms with Gasteiger partial charge in [-0.2, -0.15) is 10.2 Å². The van der Waals surface area contributed by atoms with Crippen LogP contribution in [0.5, 0.6) is 0 Å². The Labute approximate surface area is 169 Å². The van der Waals surface area contributed by atoms with Gasteiger partial charge >= 0.3 is 0 Å². The van der Waals surface area contributed by atoms with Crippen LogP contribution in [-0.4, -0.2) is 25.9 Å². The highest BCUT2D eigenvalue weighted by molar-refractivity contribution is 7.20. The number of aromatic amines is 1. The second-order valence-electron chi connectivity index (χ2n) is 6.79. The first-order valence-electron chi connectivity index (χ1n) is 9.03. The lowest BCUT2D eigenvalue weighted by Gasteiger charge is -2.05. The summed E-state index contributed by atoms with van der Waals surface area (Å²) in [6, 6.07) is 13.9. The highest BCUT2D eigenvalue weighted by Gasteiger charge is 2.17. The molecule has 6 nitrogen and oxygen atoms in total. The van der Waals surface area contributed by atoms with Crippen molar-refractivity contribution in [1.29, 1.82) is 0 Å². The van der Waals surface area contributed by atoms with Gasteiger partial charge in [-0.25, -0.2) is 4.39 Å². The second kappa shape index (κ2) is 6.82. The Kier molecular flexibility index (Phi) is 4.13. The van der Waals surface area contributed by atoms with Gasteiger partial charge < -0.3 is 5.32 Å². The number of benzene rings is 2.